The number of likely N-dealkylation sites (tertiary alicyclic amines) is 1. The molecule has 1 saturated heterocycles. The van der Waals surface area contributed by atoms with Gasteiger partial charge in [0.15, 0.2) is 0 Å². The van der Waals surface area contributed by atoms with Crippen molar-refractivity contribution in [2.75, 3.05) is 13.1 Å². The van der Waals surface area contributed by atoms with Crippen LogP contribution in [0.1, 0.15) is 50.3 Å². The Morgan fingerprint density at radius 1 is 1.19 bits per heavy atom. The molecule has 27 heavy (non-hydrogen) atoms. The third-order valence-electron chi connectivity index (χ3n) is 6.83. The van der Waals surface area contributed by atoms with Crippen LogP contribution in [0.25, 0.3) is 11.4 Å². The van der Waals surface area contributed by atoms with Crippen LogP contribution in [-0.4, -0.2) is 38.8 Å². The molecule has 1 amide bonds. The third kappa shape index (κ3) is 2.61. The van der Waals surface area contributed by atoms with Gasteiger partial charge >= 0.3 is 0 Å². The van der Waals surface area contributed by atoms with Crippen molar-refractivity contribution in [3.05, 3.63) is 46.1 Å². The second-order valence-corrected chi connectivity index (χ2v) is 8.62. The lowest BCUT2D eigenvalue weighted by atomic mass is 9.76. The number of aromatic amines is 1. The highest BCUT2D eigenvalue weighted by Gasteiger charge is 2.50. The molecule has 1 aliphatic heterocycles. The van der Waals surface area contributed by atoms with E-state index in [2.05, 4.69) is 16.9 Å². The molecule has 1 saturated carbocycles. The first kappa shape index (κ1) is 16.7. The van der Waals surface area contributed by atoms with Crippen LogP contribution in [0.2, 0.25) is 0 Å². The molecule has 3 heterocycles. The van der Waals surface area contributed by atoms with E-state index >= 15 is 0 Å². The summed E-state index contributed by atoms with van der Waals surface area (Å²) in [6.45, 7) is 3.61. The van der Waals surface area contributed by atoms with Gasteiger partial charge in [-0.1, -0.05) is 6.92 Å². The minimum absolute atomic E-state index is 0.0280. The summed E-state index contributed by atoms with van der Waals surface area (Å²) in [5.41, 5.74) is 2.41. The van der Waals surface area contributed by atoms with Crippen molar-refractivity contribution >= 4 is 5.91 Å². The van der Waals surface area contributed by atoms with Crippen LogP contribution in [0.15, 0.2) is 29.3 Å². The Hall–Kier alpha value is -2.50. The number of nitrogens with zero attached hydrogens (tertiary/aromatic N) is 3. The SMILES string of the molecule is CC1(C(=O)N2CCC3(CCc4c3nc(-c3cccnc3)[nH]c4=O)CC2)CC1. The summed E-state index contributed by atoms with van der Waals surface area (Å²) in [5, 5.41) is 0. The predicted octanol–water partition coefficient (Wildman–Crippen LogP) is 2.44. The van der Waals surface area contributed by atoms with Gasteiger partial charge in [0.2, 0.25) is 5.91 Å². The molecule has 0 radical (unpaired) electrons. The molecule has 6 heteroatoms. The summed E-state index contributed by atoms with van der Waals surface area (Å²) in [7, 11) is 0. The van der Waals surface area contributed by atoms with Crippen molar-refractivity contribution in [2.24, 2.45) is 5.41 Å². The average Bonchev–Trinajstić information content (AvgIpc) is 3.36. The van der Waals surface area contributed by atoms with E-state index in [0.29, 0.717) is 11.7 Å². The monoisotopic (exact) mass is 364 g/mol. The number of H-pyrrole nitrogens is 1. The highest BCUT2D eigenvalue weighted by Crippen LogP contribution is 2.49. The topological polar surface area (TPSA) is 79.0 Å². The molecule has 3 aliphatic rings. The van der Waals surface area contributed by atoms with Gasteiger partial charge in [-0.3, -0.25) is 14.6 Å². The molecule has 2 fully saturated rings. The summed E-state index contributed by atoms with van der Waals surface area (Å²) in [6, 6.07) is 3.76. The Kier molecular flexibility index (Phi) is 3.55. The van der Waals surface area contributed by atoms with Crippen molar-refractivity contribution < 1.29 is 4.79 Å². The van der Waals surface area contributed by atoms with Gasteiger partial charge in [0.05, 0.1) is 5.69 Å². The molecule has 140 valence electrons. The standard InChI is InChI=1S/C21H24N4O2/c1-20(6-7-20)19(27)25-11-8-21(9-12-25)5-4-15-16(21)23-17(24-18(15)26)14-3-2-10-22-13-14/h2-3,10,13H,4-9,11-12H2,1H3,(H,23,24,26). The van der Waals surface area contributed by atoms with E-state index in [1.165, 1.54) is 0 Å². The number of pyridine rings is 1. The molecule has 5 rings (SSSR count). The molecular weight excluding hydrogens is 340 g/mol. The van der Waals surface area contributed by atoms with Crippen LogP contribution in [0.3, 0.4) is 0 Å². The van der Waals surface area contributed by atoms with Crippen LogP contribution in [0.5, 0.6) is 0 Å². The largest absolute Gasteiger partial charge is 0.342 e. The van der Waals surface area contributed by atoms with Crippen molar-refractivity contribution in [2.45, 2.75) is 50.9 Å². The highest BCUT2D eigenvalue weighted by atomic mass is 16.2. The number of nitrogens with one attached hydrogen (secondary N) is 1. The van der Waals surface area contributed by atoms with Gasteiger partial charge in [0, 0.05) is 47.4 Å². The second kappa shape index (κ2) is 5.75. The molecular formula is C21H24N4O2. The maximum Gasteiger partial charge on any atom is 0.254 e. The number of fused-ring (bicyclic) bond motifs is 2. The smallest absolute Gasteiger partial charge is 0.254 e. The third-order valence-corrected chi connectivity index (χ3v) is 6.83. The normalized spacial score (nSPS) is 21.9. The van der Waals surface area contributed by atoms with Gasteiger partial charge in [-0.15, -0.1) is 0 Å². The van der Waals surface area contributed by atoms with Gasteiger partial charge in [-0.2, -0.15) is 0 Å². The minimum atomic E-state index is -0.110. The molecule has 6 nitrogen and oxygen atoms in total. The van der Waals surface area contributed by atoms with Crippen molar-refractivity contribution in [1.29, 1.82) is 0 Å². The Morgan fingerprint density at radius 2 is 1.96 bits per heavy atom. The number of rotatable bonds is 2. The number of amides is 1. The van der Waals surface area contributed by atoms with E-state index < -0.39 is 0 Å². The second-order valence-electron chi connectivity index (χ2n) is 8.62. The van der Waals surface area contributed by atoms with E-state index in [1.807, 2.05) is 17.0 Å². The highest BCUT2D eigenvalue weighted by molar-refractivity contribution is 5.85. The fourth-order valence-corrected chi connectivity index (χ4v) is 4.70. The maximum absolute atomic E-state index is 12.7. The quantitative estimate of drug-likeness (QED) is 0.888. The minimum Gasteiger partial charge on any atom is -0.342 e. The lowest BCUT2D eigenvalue weighted by Gasteiger charge is -2.40. The zero-order valence-electron chi connectivity index (χ0n) is 15.6. The summed E-state index contributed by atoms with van der Waals surface area (Å²) < 4.78 is 0. The van der Waals surface area contributed by atoms with E-state index in [1.54, 1.807) is 12.4 Å². The van der Waals surface area contributed by atoms with Crippen LogP contribution in [0.4, 0.5) is 0 Å². The van der Waals surface area contributed by atoms with Crippen LogP contribution >= 0.6 is 0 Å². The molecule has 0 aromatic carbocycles. The fourth-order valence-electron chi connectivity index (χ4n) is 4.70. The van der Waals surface area contributed by atoms with E-state index in [0.717, 1.165) is 68.4 Å². The molecule has 0 bridgehead atoms. The number of piperidine rings is 1. The molecule has 2 aromatic rings. The molecule has 2 aromatic heterocycles. The van der Waals surface area contributed by atoms with Crippen molar-refractivity contribution in [3.63, 3.8) is 0 Å². The predicted molar refractivity (Wildman–Crippen MR) is 101 cm³/mol. The van der Waals surface area contributed by atoms with E-state index in [4.69, 9.17) is 4.98 Å². The first-order valence-corrected chi connectivity index (χ1v) is 9.84. The number of hydrogen-bond donors (Lipinski definition) is 1. The molecule has 1 N–H and O–H groups in total. The van der Waals surface area contributed by atoms with Crippen LogP contribution < -0.4 is 5.56 Å². The van der Waals surface area contributed by atoms with Gasteiger partial charge in [0.25, 0.3) is 5.56 Å². The molecule has 1 spiro atoms. The van der Waals surface area contributed by atoms with Crippen molar-refractivity contribution in [3.8, 4) is 11.4 Å². The van der Waals surface area contributed by atoms with Crippen molar-refractivity contribution in [1.82, 2.24) is 19.9 Å². The Morgan fingerprint density at radius 3 is 2.63 bits per heavy atom. The zero-order chi connectivity index (χ0) is 18.6. The summed E-state index contributed by atoms with van der Waals surface area (Å²) >= 11 is 0. The number of carbonyl (C=O) groups excluding carboxylic acids is 1. The van der Waals surface area contributed by atoms with Gasteiger partial charge in [-0.25, -0.2) is 4.98 Å². The number of aromatic nitrogens is 3. The average molecular weight is 364 g/mol. The Labute approximate surface area is 158 Å². The maximum atomic E-state index is 12.7. The fraction of sp³-hybridized carbons (Fsp3) is 0.524. The van der Waals surface area contributed by atoms with E-state index in [-0.39, 0.29) is 16.4 Å². The van der Waals surface area contributed by atoms with Gasteiger partial charge in [-0.05, 0) is 50.7 Å². The number of hydrogen-bond acceptors (Lipinski definition) is 4. The first-order valence-electron chi connectivity index (χ1n) is 9.84. The van der Waals surface area contributed by atoms with Gasteiger partial charge < -0.3 is 9.88 Å². The Balaban J connectivity index is 1.45. The van der Waals surface area contributed by atoms with Gasteiger partial charge in [0.1, 0.15) is 5.82 Å². The summed E-state index contributed by atoms with van der Waals surface area (Å²) in [5.74, 6) is 0.905. The lowest BCUT2D eigenvalue weighted by Crippen LogP contribution is -2.47. The molecule has 0 unspecified atom stereocenters. The lowest BCUT2D eigenvalue weighted by molar-refractivity contribution is -0.138. The Bertz CT molecular complexity index is 954. The molecule has 2 aliphatic carbocycles. The van der Waals surface area contributed by atoms with Crippen LogP contribution in [0, 0.1) is 5.41 Å². The number of carbonyl (C=O) groups is 1. The zero-order valence-corrected chi connectivity index (χ0v) is 15.6. The molecule has 0 atom stereocenters. The summed E-state index contributed by atoms with van der Waals surface area (Å²) in [6.07, 6.45) is 8.98. The first-order chi connectivity index (χ1) is 13.0. The summed E-state index contributed by atoms with van der Waals surface area (Å²) in [4.78, 5) is 39.3. The van der Waals surface area contributed by atoms with Crippen LogP contribution in [-0.2, 0) is 16.6 Å². The van der Waals surface area contributed by atoms with E-state index in [9.17, 15) is 9.59 Å².